The van der Waals surface area contributed by atoms with Gasteiger partial charge < -0.3 is 0 Å². The minimum absolute atomic E-state index is 0.245. The summed E-state index contributed by atoms with van der Waals surface area (Å²) >= 11 is 17.7. The molecule has 0 spiro atoms. The van der Waals surface area contributed by atoms with Gasteiger partial charge in [-0.3, -0.25) is 4.21 Å². The molecule has 8 heteroatoms. The second kappa shape index (κ2) is 4.40. The van der Waals surface area contributed by atoms with Crippen molar-refractivity contribution in [3.8, 4) is 0 Å². The lowest BCUT2D eigenvalue weighted by Gasteiger charge is -2.02. The Morgan fingerprint density at radius 2 is 2.08 bits per heavy atom. The van der Waals surface area contributed by atoms with Crippen LogP contribution in [0.3, 0.4) is 0 Å². The first-order chi connectivity index (χ1) is 5.95. The van der Waals surface area contributed by atoms with Gasteiger partial charge in [0.05, 0.1) is 10.8 Å². The van der Waals surface area contributed by atoms with Crippen LogP contribution in [0.15, 0.2) is 4.34 Å². The van der Waals surface area contributed by atoms with E-state index in [0.29, 0.717) is 10.1 Å². The molecule has 0 aromatic carbocycles. The fourth-order valence-electron chi connectivity index (χ4n) is 0.540. The van der Waals surface area contributed by atoms with E-state index >= 15 is 0 Å². The molecule has 0 aliphatic carbocycles. The predicted octanol–water partition coefficient (Wildman–Crippen LogP) is 2.49. The number of aromatic nitrogens is 2. The summed E-state index contributed by atoms with van der Waals surface area (Å²) in [5.41, 5.74) is 0. The summed E-state index contributed by atoms with van der Waals surface area (Å²) in [5.74, 6) is 0.481. The predicted molar refractivity (Wildman–Crippen MR) is 56.1 cm³/mol. The van der Waals surface area contributed by atoms with Crippen molar-refractivity contribution >= 4 is 56.9 Å². The first kappa shape index (κ1) is 11.7. The maximum Gasteiger partial charge on any atom is 0.243 e. The van der Waals surface area contributed by atoms with Crippen LogP contribution < -0.4 is 0 Å². The van der Waals surface area contributed by atoms with Crippen LogP contribution in [-0.2, 0) is 14.6 Å². The summed E-state index contributed by atoms with van der Waals surface area (Å²) < 4.78 is 10.1. The summed E-state index contributed by atoms with van der Waals surface area (Å²) in [6.45, 7) is 1.78. The zero-order valence-electron chi connectivity index (χ0n) is 6.46. The Kier molecular flexibility index (Phi) is 3.94. The summed E-state index contributed by atoms with van der Waals surface area (Å²) in [4.78, 5) is 0. The lowest BCUT2D eigenvalue weighted by molar-refractivity contribution is 0.682. The van der Waals surface area contributed by atoms with Crippen LogP contribution in [0.2, 0.25) is 0 Å². The van der Waals surface area contributed by atoms with Gasteiger partial charge in [-0.2, -0.15) is 0 Å². The molecule has 0 radical (unpaired) electrons. The van der Waals surface area contributed by atoms with Crippen molar-refractivity contribution in [1.82, 2.24) is 10.2 Å². The number of alkyl halides is 3. The molecule has 0 saturated heterocycles. The van der Waals surface area contributed by atoms with Gasteiger partial charge in [-0.25, -0.2) is 0 Å². The smallest absolute Gasteiger partial charge is 0.243 e. The highest BCUT2D eigenvalue weighted by molar-refractivity contribution is 7.87. The van der Waals surface area contributed by atoms with Gasteiger partial charge in [0, 0.05) is 5.75 Å². The topological polar surface area (TPSA) is 42.9 Å². The monoisotopic (exact) mass is 278 g/mol. The van der Waals surface area contributed by atoms with Crippen molar-refractivity contribution in [3.05, 3.63) is 5.01 Å². The summed E-state index contributed by atoms with van der Waals surface area (Å²) in [5, 5.41) is 7.55. The van der Waals surface area contributed by atoms with Crippen LogP contribution in [0.1, 0.15) is 11.9 Å². The van der Waals surface area contributed by atoms with E-state index in [4.69, 9.17) is 34.8 Å². The Hall–Kier alpha value is 0.580. The third-order valence-corrected chi connectivity index (χ3v) is 4.62. The van der Waals surface area contributed by atoms with E-state index in [1.165, 1.54) is 0 Å². The fraction of sp³-hybridized carbons (Fsp3) is 0.600. The minimum Gasteiger partial charge on any atom is -0.252 e. The Morgan fingerprint density at radius 1 is 1.46 bits per heavy atom. The zero-order chi connectivity index (χ0) is 10.1. The Labute approximate surface area is 96.9 Å². The van der Waals surface area contributed by atoms with Crippen molar-refractivity contribution in [2.45, 2.75) is 15.1 Å². The number of nitrogens with zero attached hydrogens (tertiary/aromatic N) is 2. The van der Waals surface area contributed by atoms with Crippen molar-refractivity contribution in [3.63, 3.8) is 0 Å². The molecule has 1 heterocycles. The third kappa shape index (κ3) is 3.02. The summed E-state index contributed by atoms with van der Waals surface area (Å²) in [7, 11) is -1.14. The van der Waals surface area contributed by atoms with E-state index in [1.807, 2.05) is 0 Å². The van der Waals surface area contributed by atoms with Crippen molar-refractivity contribution in [1.29, 1.82) is 0 Å². The van der Waals surface area contributed by atoms with E-state index in [1.54, 1.807) is 6.92 Å². The zero-order valence-corrected chi connectivity index (χ0v) is 10.4. The maximum atomic E-state index is 11.2. The molecule has 1 aromatic rings. The molecule has 1 rings (SSSR count). The van der Waals surface area contributed by atoms with Crippen molar-refractivity contribution in [2.24, 2.45) is 0 Å². The quantitative estimate of drug-likeness (QED) is 0.781. The van der Waals surface area contributed by atoms with E-state index in [0.717, 1.165) is 11.3 Å². The Balaban J connectivity index is 2.93. The molecule has 3 nitrogen and oxygen atoms in total. The van der Waals surface area contributed by atoms with Crippen LogP contribution >= 0.6 is 46.1 Å². The third-order valence-electron chi connectivity index (χ3n) is 1.11. The van der Waals surface area contributed by atoms with Gasteiger partial charge in [0.1, 0.15) is 0 Å². The fourth-order valence-corrected chi connectivity index (χ4v) is 2.79. The molecule has 0 aliphatic rings. The average molecular weight is 280 g/mol. The second-order valence-corrected chi connectivity index (χ2v) is 7.18. The molecule has 0 bridgehead atoms. The molecule has 1 atom stereocenters. The maximum absolute atomic E-state index is 11.2. The largest absolute Gasteiger partial charge is 0.252 e. The average Bonchev–Trinajstić information content (AvgIpc) is 2.50. The first-order valence-corrected chi connectivity index (χ1v) is 6.51. The second-order valence-electron chi connectivity index (χ2n) is 2.01. The van der Waals surface area contributed by atoms with Crippen LogP contribution in [-0.4, -0.2) is 20.2 Å². The Morgan fingerprint density at radius 3 is 2.46 bits per heavy atom. The van der Waals surface area contributed by atoms with Crippen LogP contribution in [0.25, 0.3) is 0 Å². The standard InChI is InChI=1S/C5H5Cl3N2OS2/c1-2-13(11)4-10-9-3(12-4)5(6,7)8/h2H2,1H3. The van der Waals surface area contributed by atoms with Gasteiger partial charge in [0.15, 0.2) is 5.01 Å². The number of halogens is 3. The van der Waals surface area contributed by atoms with Crippen LogP contribution in [0.4, 0.5) is 0 Å². The molecular weight excluding hydrogens is 275 g/mol. The van der Waals surface area contributed by atoms with Crippen molar-refractivity contribution in [2.75, 3.05) is 5.75 Å². The van der Waals surface area contributed by atoms with E-state index < -0.39 is 14.6 Å². The van der Waals surface area contributed by atoms with Gasteiger partial charge in [0.25, 0.3) is 0 Å². The SMILES string of the molecule is CCS(=O)c1nnc(C(Cl)(Cl)Cl)s1. The van der Waals surface area contributed by atoms with E-state index in [-0.39, 0.29) is 5.01 Å². The highest BCUT2D eigenvalue weighted by Crippen LogP contribution is 2.39. The molecule has 0 amide bonds. The number of rotatable bonds is 2. The number of hydrogen-bond donors (Lipinski definition) is 0. The highest BCUT2D eigenvalue weighted by Gasteiger charge is 2.28. The van der Waals surface area contributed by atoms with Crippen LogP contribution in [0.5, 0.6) is 0 Å². The van der Waals surface area contributed by atoms with Crippen LogP contribution in [0, 0.1) is 0 Å². The minimum atomic E-state index is -1.58. The van der Waals surface area contributed by atoms with Gasteiger partial charge in [-0.05, 0) is 0 Å². The van der Waals surface area contributed by atoms with Crippen molar-refractivity contribution < 1.29 is 4.21 Å². The van der Waals surface area contributed by atoms with E-state index in [2.05, 4.69) is 10.2 Å². The van der Waals surface area contributed by atoms with E-state index in [9.17, 15) is 4.21 Å². The molecular formula is C5H5Cl3N2OS2. The molecule has 74 valence electrons. The Bertz CT molecular complexity index is 322. The molecule has 0 fully saturated rings. The molecule has 1 unspecified atom stereocenters. The van der Waals surface area contributed by atoms with Gasteiger partial charge in [-0.1, -0.05) is 53.1 Å². The van der Waals surface area contributed by atoms with Gasteiger partial charge >= 0.3 is 0 Å². The molecule has 0 N–H and O–H groups in total. The summed E-state index contributed by atoms with van der Waals surface area (Å²) in [6.07, 6.45) is 0. The molecule has 0 saturated carbocycles. The lowest BCUT2D eigenvalue weighted by atomic mass is 10.8. The first-order valence-electron chi connectivity index (χ1n) is 3.24. The number of hydrogen-bond acceptors (Lipinski definition) is 4. The van der Waals surface area contributed by atoms with Gasteiger partial charge in [-0.15, -0.1) is 10.2 Å². The normalized spacial score (nSPS) is 14.5. The lowest BCUT2D eigenvalue weighted by Crippen LogP contribution is -1.98. The highest BCUT2D eigenvalue weighted by atomic mass is 35.6. The molecule has 13 heavy (non-hydrogen) atoms. The molecule has 0 aliphatic heterocycles. The molecule has 1 aromatic heterocycles. The van der Waals surface area contributed by atoms with Gasteiger partial charge in [0.2, 0.25) is 8.13 Å². The summed E-state index contributed by atoms with van der Waals surface area (Å²) in [6, 6.07) is 0.